The normalized spacial score (nSPS) is 9.14. The second kappa shape index (κ2) is 1.14. The summed E-state index contributed by atoms with van der Waals surface area (Å²) in [6.45, 7) is 0. The minimum Gasteiger partial charge on any atom is -0.396 e. The van der Waals surface area contributed by atoms with Gasteiger partial charge in [-0.2, -0.15) is 9.89 Å². The van der Waals surface area contributed by atoms with Crippen molar-refractivity contribution in [2.75, 3.05) is 11.6 Å². The summed E-state index contributed by atoms with van der Waals surface area (Å²) >= 11 is 0. The van der Waals surface area contributed by atoms with Crippen molar-refractivity contribution in [1.82, 2.24) is 9.89 Å². The van der Waals surface area contributed by atoms with E-state index in [1.54, 1.807) is 0 Å². The third kappa shape index (κ3) is 0.623. The quantitative estimate of drug-likeness (QED) is 0.416. The Labute approximate surface area is 40.7 Å². The van der Waals surface area contributed by atoms with Crippen molar-refractivity contribution in [1.29, 1.82) is 0 Å². The Hall–Kier alpha value is -1.19. The average molecular weight is 98.1 g/mol. The Balaban J connectivity index is 3.04. The molecule has 4 N–H and O–H groups in total. The number of nitrogens with two attached hydrogens (primary N) is 2. The van der Waals surface area contributed by atoms with Crippen molar-refractivity contribution in [3.05, 3.63) is 12.4 Å². The molecule has 1 heterocycles. The van der Waals surface area contributed by atoms with E-state index in [2.05, 4.69) is 5.10 Å². The van der Waals surface area contributed by atoms with E-state index in [9.17, 15) is 0 Å². The van der Waals surface area contributed by atoms with Crippen LogP contribution in [0.2, 0.25) is 0 Å². The summed E-state index contributed by atoms with van der Waals surface area (Å²) in [4.78, 5) is 1.16. The zero-order valence-corrected chi connectivity index (χ0v) is 3.70. The van der Waals surface area contributed by atoms with Gasteiger partial charge in [-0.3, -0.25) is 0 Å². The summed E-state index contributed by atoms with van der Waals surface area (Å²) in [5.74, 6) is 5.10. The molecule has 1 aromatic rings. The topological polar surface area (TPSA) is 69.9 Å². The molecule has 38 valence electrons. The van der Waals surface area contributed by atoms with E-state index < -0.39 is 0 Å². The Morgan fingerprint density at radius 2 is 2.43 bits per heavy atom. The van der Waals surface area contributed by atoms with Gasteiger partial charge in [0.1, 0.15) is 0 Å². The SMILES string of the molecule is Nc1cnn(N)c1. The molecule has 1 aromatic heterocycles. The van der Waals surface area contributed by atoms with Crippen molar-refractivity contribution in [3.8, 4) is 0 Å². The van der Waals surface area contributed by atoms with Crippen LogP contribution in [0.4, 0.5) is 5.69 Å². The molecule has 0 amide bonds. The number of hydrogen-bond acceptors (Lipinski definition) is 3. The van der Waals surface area contributed by atoms with Crippen molar-refractivity contribution in [2.24, 2.45) is 0 Å². The van der Waals surface area contributed by atoms with Gasteiger partial charge in [0.25, 0.3) is 0 Å². The summed E-state index contributed by atoms with van der Waals surface area (Å²) in [5, 5.41) is 3.59. The monoisotopic (exact) mass is 98.1 g/mol. The molecule has 0 fully saturated rings. The molecule has 0 atom stereocenters. The van der Waals surface area contributed by atoms with Crippen LogP contribution in [0.1, 0.15) is 0 Å². The molecule has 0 radical (unpaired) electrons. The lowest BCUT2D eigenvalue weighted by Gasteiger charge is -1.79. The van der Waals surface area contributed by atoms with E-state index >= 15 is 0 Å². The number of hydrogen-bond donors (Lipinski definition) is 2. The van der Waals surface area contributed by atoms with Crippen molar-refractivity contribution in [3.63, 3.8) is 0 Å². The molecule has 0 saturated heterocycles. The highest BCUT2D eigenvalue weighted by molar-refractivity contribution is 5.30. The van der Waals surface area contributed by atoms with Gasteiger partial charge in [0.15, 0.2) is 0 Å². The first kappa shape index (κ1) is 3.98. The highest BCUT2D eigenvalue weighted by Crippen LogP contribution is 1.91. The van der Waals surface area contributed by atoms with Crippen LogP contribution < -0.4 is 11.6 Å². The fourth-order valence-corrected chi connectivity index (χ4v) is 0.353. The maximum absolute atomic E-state index is 5.22. The van der Waals surface area contributed by atoms with Crippen LogP contribution in [-0.4, -0.2) is 9.89 Å². The van der Waals surface area contributed by atoms with Gasteiger partial charge < -0.3 is 11.6 Å². The Kier molecular flexibility index (Phi) is 0.651. The molecule has 0 aliphatic carbocycles. The molecule has 0 unspecified atom stereocenters. The standard InChI is InChI=1S/C3H6N4/c4-3-1-6-7(5)2-3/h1-2H,4-5H2. The van der Waals surface area contributed by atoms with Crippen LogP contribution in [0.5, 0.6) is 0 Å². The van der Waals surface area contributed by atoms with E-state index in [0.29, 0.717) is 5.69 Å². The molecule has 0 aromatic carbocycles. The van der Waals surface area contributed by atoms with E-state index in [-0.39, 0.29) is 0 Å². The van der Waals surface area contributed by atoms with Crippen molar-refractivity contribution >= 4 is 5.69 Å². The van der Waals surface area contributed by atoms with Gasteiger partial charge in [-0.15, -0.1) is 0 Å². The van der Waals surface area contributed by atoms with E-state index in [1.165, 1.54) is 12.4 Å². The lowest BCUT2D eigenvalue weighted by atomic mass is 10.6. The van der Waals surface area contributed by atoms with Crippen LogP contribution in [0.15, 0.2) is 12.4 Å². The zero-order chi connectivity index (χ0) is 5.28. The maximum atomic E-state index is 5.22. The zero-order valence-electron chi connectivity index (χ0n) is 3.70. The molecule has 0 aliphatic rings. The molecule has 0 bridgehead atoms. The highest BCUT2D eigenvalue weighted by Gasteiger charge is 1.82. The molecular formula is C3H6N4. The van der Waals surface area contributed by atoms with Crippen LogP contribution in [0.3, 0.4) is 0 Å². The van der Waals surface area contributed by atoms with E-state index in [1.807, 2.05) is 0 Å². The number of aromatic nitrogens is 2. The third-order valence-electron chi connectivity index (χ3n) is 0.621. The second-order valence-corrected chi connectivity index (χ2v) is 1.25. The van der Waals surface area contributed by atoms with Crippen LogP contribution in [0, 0.1) is 0 Å². The third-order valence-corrected chi connectivity index (χ3v) is 0.621. The number of nitrogens with zero attached hydrogens (tertiary/aromatic N) is 2. The van der Waals surface area contributed by atoms with Gasteiger partial charge in [0.2, 0.25) is 0 Å². The van der Waals surface area contributed by atoms with Gasteiger partial charge in [-0.25, -0.2) is 0 Å². The molecule has 0 spiro atoms. The molecule has 1 rings (SSSR count). The van der Waals surface area contributed by atoms with Gasteiger partial charge >= 0.3 is 0 Å². The minimum absolute atomic E-state index is 0.586. The molecular weight excluding hydrogens is 92.1 g/mol. The molecule has 4 heteroatoms. The molecule has 0 aliphatic heterocycles. The first-order chi connectivity index (χ1) is 3.29. The number of rotatable bonds is 0. The fraction of sp³-hybridized carbons (Fsp3) is 0. The van der Waals surface area contributed by atoms with Gasteiger partial charge in [-0.05, 0) is 0 Å². The first-order valence-corrected chi connectivity index (χ1v) is 1.84. The van der Waals surface area contributed by atoms with Crippen LogP contribution in [-0.2, 0) is 0 Å². The van der Waals surface area contributed by atoms with Crippen molar-refractivity contribution < 1.29 is 0 Å². The summed E-state index contributed by atoms with van der Waals surface area (Å²) < 4.78 is 0. The lowest BCUT2D eigenvalue weighted by molar-refractivity contribution is 0.832. The van der Waals surface area contributed by atoms with Gasteiger partial charge in [0, 0.05) is 0 Å². The van der Waals surface area contributed by atoms with Crippen molar-refractivity contribution in [2.45, 2.75) is 0 Å². The average Bonchev–Trinajstić information content (AvgIpc) is 1.87. The summed E-state index contributed by atoms with van der Waals surface area (Å²) in [6.07, 6.45) is 3.01. The van der Waals surface area contributed by atoms with E-state index in [0.717, 1.165) is 4.79 Å². The van der Waals surface area contributed by atoms with Gasteiger partial charge in [-0.1, -0.05) is 0 Å². The largest absolute Gasteiger partial charge is 0.396 e. The summed E-state index contributed by atoms with van der Waals surface area (Å²) in [7, 11) is 0. The predicted octanol–water partition coefficient (Wildman–Crippen LogP) is -0.821. The van der Waals surface area contributed by atoms with E-state index in [4.69, 9.17) is 11.6 Å². The highest BCUT2D eigenvalue weighted by atomic mass is 15.5. The van der Waals surface area contributed by atoms with Crippen LogP contribution in [0.25, 0.3) is 0 Å². The predicted molar refractivity (Wildman–Crippen MR) is 26.8 cm³/mol. The van der Waals surface area contributed by atoms with Gasteiger partial charge in [0.05, 0.1) is 18.1 Å². The molecule has 0 saturated carbocycles. The summed E-state index contributed by atoms with van der Waals surface area (Å²) in [5.41, 5.74) is 5.80. The molecule has 4 nitrogen and oxygen atoms in total. The Morgan fingerprint density at radius 1 is 1.71 bits per heavy atom. The lowest BCUT2D eigenvalue weighted by Crippen LogP contribution is -2.07. The minimum atomic E-state index is 0.586. The Bertz CT molecular complexity index is 139. The summed E-state index contributed by atoms with van der Waals surface area (Å²) in [6, 6.07) is 0. The Morgan fingerprint density at radius 3 is 2.57 bits per heavy atom. The first-order valence-electron chi connectivity index (χ1n) is 1.84. The smallest absolute Gasteiger partial charge is 0.0740 e. The van der Waals surface area contributed by atoms with Crippen LogP contribution >= 0.6 is 0 Å². The second-order valence-electron chi connectivity index (χ2n) is 1.25. The number of anilines is 1. The fourth-order valence-electron chi connectivity index (χ4n) is 0.353. The maximum Gasteiger partial charge on any atom is 0.0740 e. The number of nitrogen functional groups attached to an aromatic ring is 2. The molecule has 7 heavy (non-hydrogen) atoms.